The second kappa shape index (κ2) is 4.65. The minimum absolute atomic E-state index is 0.309. The van der Waals surface area contributed by atoms with Crippen LogP contribution < -0.4 is 0 Å². The molecule has 0 aliphatic rings. The number of hydrogen-bond acceptors (Lipinski definition) is 2. The fraction of sp³-hybridized carbons (Fsp3) is 0.364. The molecule has 1 atom stereocenters. The van der Waals surface area contributed by atoms with Crippen molar-refractivity contribution in [3.05, 3.63) is 35.4 Å². The van der Waals surface area contributed by atoms with Crippen LogP contribution >= 0.6 is 0 Å². The van der Waals surface area contributed by atoms with E-state index in [1.807, 2.05) is 6.92 Å². The molecule has 0 aliphatic heterocycles. The number of rotatable bonds is 3. The summed E-state index contributed by atoms with van der Waals surface area (Å²) in [5, 5.41) is 9.42. The quantitative estimate of drug-likeness (QED) is 0.869. The molecule has 0 radical (unpaired) electrons. The lowest BCUT2D eigenvalue weighted by Crippen LogP contribution is -2.24. The van der Waals surface area contributed by atoms with Gasteiger partial charge in [-0.1, -0.05) is 29.8 Å². The van der Waals surface area contributed by atoms with E-state index in [1.54, 1.807) is 12.1 Å². The molecule has 2 nitrogen and oxygen atoms in total. The first-order valence-corrected chi connectivity index (χ1v) is 4.65. The van der Waals surface area contributed by atoms with Crippen molar-refractivity contribution >= 4 is 5.78 Å². The number of aliphatic hydroxyl groups is 1. The van der Waals surface area contributed by atoms with Crippen LogP contribution in [0.5, 0.6) is 0 Å². The Morgan fingerprint density at radius 2 is 1.81 bits per heavy atom. The lowest BCUT2D eigenvalue weighted by molar-refractivity contribution is -0.173. The van der Waals surface area contributed by atoms with Gasteiger partial charge in [-0.05, 0) is 12.5 Å². The summed E-state index contributed by atoms with van der Waals surface area (Å²) in [4.78, 5) is 10.6. The maximum Gasteiger partial charge on any atom is 0.450 e. The molecule has 0 saturated heterocycles. The summed E-state index contributed by atoms with van der Waals surface area (Å²) in [5.74, 6) is -1.92. The van der Waals surface area contributed by atoms with Crippen LogP contribution in [-0.2, 0) is 4.79 Å². The van der Waals surface area contributed by atoms with Crippen LogP contribution in [0.4, 0.5) is 13.2 Å². The molecule has 1 aromatic rings. The summed E-state index contributed by atoms with van der Waals surface area (Å²) in [7, 11) is 0. The Labute approximate surface area is 90.7 Å². The Morgan fingerprint density at radius 3 is 2.25 bits per heavy atom. The third-order valence-electron chi connectivity index (χ3n) is 2.16. The average molecular weight is 232 g/mol. The summed E-state index contributed by atoms with van der Waals surface area (Å²) in [6.07, 6.45) is -7.23. The molecule has 5 heteroatoms. The first-order valence-electron chi connectivity index (χ1n) is 4.65. The smallest absolute Gasteiger partial charge is 0.388 e. The summed E-state index contributed by atoms with van der Waals surface area (Å²) in [6.45, 7) is 1.82. The zero-order valence-electron chi connectivity index (χ0n) is 8.58. The molecule has 0 fully saturated rings. The summed E-state index contributed by atoms with van der Waals surface area (Å²) in [5.41, 5.74) is 1.24. The molecule has 0 saturated carbocycles. The molecule has 16 heavy (non-hydrogen) atoms. The normalized spacial score (nSPS) is 13.6. The Hall–Kier alpha value is -1.36. The van der Waals surface area contributed by atoms with Crippen LogP contribution in [0.2, 0.25) is 0 Å². The van der Waals surface area contributed by atoms with Crippen LogP contribution in [0.25, 0.3) is 0 Å². The third kappa shape index (κ3) is 3.34. The van der Waals surface area contributed by atoms with Crippen LogP contribution in [0.1, 0.15) is 23.7 Å². The molecule has 0 bridgehead atoms. The van der Waals surface area contributed by atoms with Crippen molar-refractivity contribution in [1.82, 2.24) is 0 Å². The summed E-state index contributed by atoms with van der Waals surface area (Å²) in [6, 6.07) is 6.33. The van der Waals surface area contributed by atoms with Crippen LogP contribution in [0, 0.1) is 6.92 Å². The van der Waals surface area contributed by atoms with Gasteiger partial charge in [0.05, 0.1) is 6.10 Å². The second-order valence-electron chi connectivity index (χ2n) is 3.55. The van der Waals surface area contributed by atoms with E-state index in [1.165, 1.54) is 12.1 Å². The van der Waals surface area contributed by atoms with Gasteiger partial charge in [0.1, 0.15) is 0 Å². The number of ketones is 1. The van der Waals surface area contributed by atoms with Crippen LogP contribution in [-0.4, -0.2) is 17.1 Å². The molecule has 0 amide bonds. The summed E-state index contributed by atoms with van der Waals surface area (Å²) >= 11 is 0. The van der Waals surface area contributed by atoms with Gasteiger partial charge in [-0.3, -0.25) is 4.79 Å². The van der Waals surface area contributed by atoms with Gasteiger partial charge in [0.25, 0.3) is 0 Å². The Balaban J connectivity index is 2.69. The monoisotopic (exact) mass is 232 g/mol. The first-order chi connectivity index (χ1) is 7.30. The van der Waals surface area contributed by atoms with E-state index >= 15 is 0 Å². The van der Waals surface area contributed by atoms with Crippen molar-refractivity contribution in [2.45, 2.75) is 25.6 Å². The van der Waals surface area contributed by atoms with Gasteiger partial charge in [0.2, 0.25) is 5.78 Å². The fourth-order valence-electron chi connectivity index (χ4n) is 1.20. The van der Waals surface area contributed by atoms with Crippen LogP contribution in [0.3, 0.4) is 0 Å². The number of hydrogen-bond donors (Lipinski definition) is 1. The van der Waals surface area contributed by atoms with Gasteiger partial charge < -0.3 is 5.11 Å². The third-order valence-corrected chi connectivity index (χ3v) is 2.16. The number of carbonyl (C=O) groups is 1. The Bertz CT molecular complexity index is 368. The standard InChI is InChI=1S/C11H11F3O2/c1-7-2-4-8(5-3-7)9(15)6-10(16)11(12,13)14/h2-5,9,15H,6H2,1H3. The Kier molecular flexibility index (Phi) is 3.70. The molecule has 0 aliphatic carbocycles. The van der Waals surface area contributed by atoms with E-state index in [4.69, 9.17) is 0 Å². The van der Waals surface area contributed by atoms with Gasteiger partial charge >= 0.3 is 6.18 Å². The fourth-order valence-corrected chi connectivity index (χ4v) is 1.20. The van der Waals surface area contributed by atoms with Gasteiger partial charge in [0.15, 0.2) is 0 Å². The summed E-state index contributed by atoms with van der Waals surface area (Å²) < 4.78 is 35.8. The zero-order valence-corrected chi connectivity index (χ0v) is 8.58. The van der Waals surface area contributed by atoms with E-state index in [-0.39, 0.29) is 0 Å². The maximum absolute atomic E-state index is 11.9. The highest BCUT2D eigenvalue weighted by Crippen LogP contribution is 2.24. The zero-order chi connectivity index (χ0) is 12.3. The molecule has 0 heterocycles. The molecule has 1 aromatic carbocycles. The van der Waals surface area contributed by atoms with Crippen molar-refractivity contribution in [2.75, 3.05) is 0 Å². The van der Waals surface area contributed by atoms with E-state index in [0.29, 0.717) is 5.56 Å². The number of Topliss-reactive ketones (excluding diaryl/α,β-unsaturated/α-hetero) is 1. The lowest BCUT2D eigenvalue weighted by atomic mass is 10.0. The number of alkyl halides is 3. The van der Waals surface area contributed by atoms with Crippen molar-refractivity contribution in [3.8, 4) is 0 Å². The Morgan fingerprint density at radius 1 is 1.31 bits per heavy atom. The molecule has 1 unspecified atom stereocenters. The number of halogens is 3. The van der Waals surface area contributed by atoms with Gasteiger partial charge in [-0.15, -0.1) is 0 Å². The highest BCUT2D eigenvalue weighted by atomic mass is 19.4. The molecular formula is C11H11F3O2. The molecule has 1 rings (SSSR count). The van der Waals surface area contributed by atoms with Gasteiger partial charge in [-0.2, -0.15) is 13.2 Å². The minimum Gasteiger partial charge on any atom is -0.388 e. The van der Waals surface area contributed by atoms with Crippen molar-refractivity contribution in [1.29, 1.82) is 0 Å². The molecule has 0 aromatic heterocycles. The largest absolute Gasteiger partial charge is 0.450 e. The predicted octanol–water partition coefficient (Wildman–Crippen LogP) is 2.55. The predicted molar refractivity (Wildman–Crippen MR) is 51.8 cm³/mol. The molecule has 1 N–H and O–H groups in total. The number of aryl methyl sites for hydroxylation is 1. The van der Waals surface area contributed by atoms with Crippen molar-refractivity contribution < 1.29 is 23.1 Å². The van der Waals surface area contributed by atoms with E-state index < -0.39 is 24.5 Å². The SMILES string of the molecule is Cc1ccc(C(O)CC(=O)C(F)(F)F)cc1. The highest BCUT2D eigenvalue weighted by Gasteiger charge is 2.39. The van der Waals surface area contributed by atoms with Crippen molar-refractivity contribution in [3.63, 3.8) is 0 Å². The van der Waals surface area contributed by atoms with E-state index in [0.717, 1.165) is 5.56 Å². The molecular weight excluding hydrogens is 221 g/mol. The number of carbonyl (C=O) groups excluding carboxylic acids is 1. The number of benzene rings is 1. The van der Waals surface area contributed by atoms with E-state index in [2.05, 4.69) is 0 Å². The first kappa shape index (κ1) is 12.7. The number of aliphatic hydroxyl groups excluding tert-OH is 1. The molecule has 0 spiro atoms. The van der Waals surface area contributed by atoms with Crippen molar-refractivity contribution in [2.24, 2.45) is 0 Å². The minimum atomic E-state index is -4.88. The van der Waals surface area contributed by atoms with Gasteiger partial charge in [-0.25, -0.2) is 0 Å². The average Bonchev–Trinajstić information content (AvgIpc) is 2.17. The van der Waals surface area contributed by atoms with Crippen LogP contribution in [0.15, 0.2) is 24.3 Å². The molecule has 88 valence electrons. The second-order valence-corrected chi connectivity index (χ2v) is 3.55. The topological polar surface area (TPSA) is 37.3 Å². The maximum atomic E-state index is 11.9. The highest BCUT2D eigenvalue weighted by molar-refractivity contribution is 5.84. The van der Waals surface area contributed by atoms with E-state index in [9.17, 15) is 23.1 Å². The lowest BCUT2D eigenvalue weighted by Gasteiger charge is -2.11. The van der Waals surface area contributed by atoms with Gasteiger partial charge in [0, 0.05) is 6.42 Å².